The molecule has 0 fully saturated rings. The van der Waals surface area contributed by atoms with E-state index in [0.29, 0.717) is 0 Å². The molecule has 3 heteroatoms. The predicted molar refractivity (Wildman–Crippen MR) is 226 cm³/mol. The first-order valence-corrected chi connectivity index (χ1v) is 17.7. The Balaban J connectivity index is 1.36. The molecule has 0 bridgehead atoms. The summed E-state index contributed by atoms with van der Waals surface area (Å²) >= 11 is 0. The van der Waals surface area contributed by atoms with Crippen LogP contribution in [0.5, 0.6) is 0 Å². The molecule has 0 unspecified atom stereocenters. The summed E-state index contributed by atoms with van der Waals surface area (Å²) in [5.74, 6) is 0.0240. The molecule has 0 N–H and O–H groups in total. The van der Waals surface area contributed by atoms with E-state index in [2.05, 4.69) is 155 Å². The molecule has 3 nitrogen and oxygen atoms in total. The van der Waals surface area contributed by atoms with Crippen molar-refractivity contribution >= 4 is 84.6 Å². The van der Waals surface area contributed by atoms with E-state index in [9.17, 15) is 0 Å². The molecule has 0 aliphatic carbocycles. The van der Waals surface area contributed by atoms with Crippen LogP contribution in [0.3, 0.4) is 0 Å². The zero-order valence-corrected chi connectivity index (χ0v) is 30.0. The van der Waals surface area contributed by atoms with Gasteiger partial charge in [-0.3, -0.25) is 4.79 Å². The summed E-state index contributed by atoms with van der Waals surface area (Å²) in [6, 6.07) is 50.7. The quantitative estimate of drug-likeness (QED) is 0.0912. The Morgan fingerprint density at radius 3 is 1.21 bits per heavy atom. The van der Waals surface area contributed by atoms with Crippen LogP contribution >= 0.6 is 0 Å². The van der Waals surface area contributed by atoms with Crippen molar-refractivity contribution in [1.82, 2.24) is 0 Å². The normalized spacial score (nSPS) is 11.8. The van der Waals surface area contributed by atoms with Crippen LogP contribution in [0.25, 0.3) is 67.4 Å². The van der Waals surface area contributed by atoms with E-state index in [-0.39, 0.29) is 5.78 Å². The standard InChI is InChI=1S/C49H40N2O/c1-50(2)41-27-21-33(22-28-41)19-25-35-13-9-15-39-31-37-11-5-7-17-43(37)47(45(35)39)49(52)48-44-18-8-6-12-38(44)32-40-16-10-14-36(46(40)48)26-20-34-23-29-42(30-24-34)51(3)4/h5-32H,1-4H3. The monoisotopic (exact) mass is 672 g/mol. The maximum atomic E-state index is 15.7. The lowest BCUT2D eigenvalue weighted by Gasteiger charge is -2.17. The molecular formula is C49H40N2O. The van der Waals surface area contributed by atoms with Crippen molar-refractivity contribution in [3.63, 3.8) is 0 Å². The van der Waals surface area contributed by atoms with Gasteiger partial charge in [0, 0.05) is 61.5 Å². The van der Waals surface area contributed by atoms with Crippen LogP contribution in [0.1, 0.15) is 38.2 Å². The SMILES string of the molecule is CN(C)c1ccc(C=Cc2cccc3cc4ccccc4c(C(=O)c4c5ccccc5cc5cccc(C=Cc6ccc(N(C)C)cc6)c45)c23)cc1. The van der Waals surface area contributed by atoms with Crippen LogP contribution in [0.4, 0.5) is 11.4 Å². The summed E-state index contributed by atoms with van der Waals surface area (Å²) in [7, 11) is 8.19. The van der Waals surface area contributed by atoms with Gasteiger partial charge in [-0.15, -0.1) is 0 Å². The smallest absolute Gasteiger partial charge is 0.195 e. The first kappa shape index (κ1) is 32.7. The maximum Gasteiger partial charge on any atom is 0.195 e. The number of anilines is 2. The number of rotatable bonds is 8. The van der Waals surface area contributed by atoms with Gasteiger partial charge in [0.05, 0.1) is 0 Å². The van der Waals surface area contributed by atoms with Crippen molar-refractivity contribution in [2.45, 2.75) is 0 Å². The van der Waals surface area contributed by atoms with E-state index >= 15 is 4.79 Å². The Labute approximate surface area is 305 Å². The third kappa shape index (κ3) is 6.12. The maximum absolute atomic E-state index is 15.7. The van der Waals surface area contributed by atoms with E-state index in [1.165, 1.54) is 0 Å². The van der Waals surface area contributed by atoms with Gasteiger partial charge in [-0.1, -0.05) is 133 Å². The average Bonchev–Trinajstić information content (AvgIpc) is 3.17. The first-order valence-electron chi connectivity index (χ1n) is 17.7. The lowest BCUT2D eigenvalue weighted by Crippen LogP contribution is -2.08. The Kier molecular flexibility index (Phi) is 8.62. The van der Waals surface area contributed by atoms with E-state index in [4.69, 9.17) is 0 Å². The molecule has 252 valence electrons. The second-order valence-corrected chi connectivity index (χ2v) is 13.8. The third-order valence-electron chi connectivity index (χ3n) is 10.0. The molecular weight excluding hydrogens is 633 g/mol. The topological polar surface area (TPSA) is 23.6 Å². The molecule has 0 radical (unpaired) electrons. The van der Waals surface area contributed by atoms with Gasteiger partial charge in [-0.2, -0.15) is 0 Å². The number of hydrogen-bond acceptors (Lipinski definition) is 3. The summed E-state index contributed by atoms with van der Waals surface area (Å²) < 4.78 is 0. The van der Waals surface area contributed by atoms with Gasteiger partial charge in [0.25, 0.3) is 0 Å². The van der Waals surface area contributed by atoms with E-state index in [1.54, 1.807) is 0 Å². The molecule has 0 heterocycles. The molecule has 52 heavy (non-hydrogen) atoms. The summed E-state index contributed by atoms with van der Waals surface area (Å²) in [4.78, 5) is 19.9. The van der Waals surface area contributed by atoms with Crippen LogP contribution < -0.4 is 9.80 Å². The van der Waals surface area contributed by atoms with E-state index in [1.807, 2.05) is 52.5 Å². The van der Waals surface area contributed by atoms with E-state index in [0.717, 1.165) is 87.8 Å². The number of hydrogen-bond donors (Lipinski definition) is 0. The number of fused-ring (bicyclic) bond motifs is 4. The highest BCUT2D eigenvalue weighted by Crippen LogP contribution is 2.38. The van der Waals surface area contributed by atoms with Crippen LogP contribution in [0, 0.1) is 0 Å². The third-order valence-corrected chi connectivity index (χ3v) is 10.0. The molecule has 0 aliphatic heterocycles. The minimum atomic E-state index is 0.0240. The van der Waals surface area contributed by atoms with Crippen molar-refractivity contribution in [2.24, 2.45) is 0 Å². The fourth-order valence-corrected chi connectivity index (χ4v) is 7.31. The first-order chi connectivity index (χ1) is 25.4. The minimum Gasteiger partial charge on any atom is -0.378 e. The van der Waals surface area contributed by atoms with Gasteiger partial charge >= 0.3 is 0 Å². The summed E-state index contributed by atoms with van der Waals surface area (Å²) in [6.45, 7) is 0. The van der Waals surface area contributed by atoms with Gasteiger partial charge in [-0.05, 0) is 91.0 Å². The Morgan fingerprint density at radius 1 is 0.423 bits per heavy atom. The summed E-state index contributed by atoms with van der Waals surface area (Å²) in [5.41, 5.74) is 7.98. The highest BCUT2D eigenvalue weighted by Gasteiger charge is 2.23. The molecule has 8 rings (SSSR count). The number of carbonyl (C=O) groups is 1. The zero-order chi connectivity index (χ0) is 35.8. The second kappa shape index (κ2) is 13.7. The lowest BCUT2D eigenvalue weighted by atomic mass is 9.84. The van der Waals surface area contributed by atoms with Crippen LogP contribution in [-0.2, 0) is 0 Å². The number of carbonyl (C=O) groups excluding carboxylic acids is 1. The van der Waals surface area contributed by atoms with Gasteiger partial charge in [0.2, 0.25) is 0 Å². The second-order valence-electron chi connectivity index (χ2n) is 13.8. The molecule has 0 atom stereocenters. The fraction of sp³-hybridized carbons (Fsp3) is 0.0816. The molecule has 0 spiro atoms. The molecule has 0 aliphatic rings. The van der Waals surface area contributed by atoms with Gasteiger partial charge in [0.15, 0.2) is 5.78 Å². The average molecular weight is 673 g/mol. The zero-order valence-electron chi connectivity index (χ0n) is 30.0. The van der Waals surface area contributed by atoms with Crippen molar-refractivity contribution in [3.05, 3.63) is 179 Å². The van der Waals surface area contributed by atoms with Gasteiger partial charge in [0.1, 0.15) is 0 Å². The number of nitrogens with zero attached hydrogens (tertiary/aromatic N) is 2. The Morgan fingerprint density at radius 2 is 0.808 bits per heavy atom. The summed E-state index contributed by atoms with van der Waals surface area (Å²) in [6.07, 6.45) is 8.57. The fourth-order valence-electron chi connectivity index (χ4n) is 7.31. The van der Waals surface area contributed by atoms with Crippen molar-refractivity contribution in [1.29, 1.82) is 0 Å². The largest absolute Gasteiger partial charge is 0.378 e. The van der Waals surface area contributed by atoms with Crippen molar-refractivity contribution in [2.75, 3.05) is 38.0 Å². The lowest BCUT2D eigenvalue weighted by molar-refractivity contribution is 0.104. The van der Waals surface area contributed by atoms with Crippen LogP contribution in [0.2, 0.25) is 0 Å². The van der Waals surface area contributed by atoms with Gasteiger partial charge < -0.3 is 9.80 Å². The molecule has 0 saturated heterocycles. The molecule has 8 aromatic carbocycles. The molecule has 0 aromatic heterocycles. The highest BCUT2D eigenvalue weighted by atomic mass is 16.1. The van der Waals surface area contributed by atoms with Crippen LogP contribution in [-0.4, -0.2) is 34.0 Å². The summed E-state index contributed by atoms with van der Waals surface area (Å²) in [5, 5.41) is 7.99. The number of benzene rings is 8. The number of ketones is 1. The minimum absolute atomic E-state index is 0.0240. The van der Waals surface area contributed by atoms with E-state index < -0.39 is 0 Å². The molecule has 8 aromatic rings. The van der Waals surface area contributed by atoms with Crippen molar-refractivity contribution < 1.29 is 4.79 Å². The van der Waals surface area contributed by atoms with Gasteiger partial charge in [-0.25, -0.2) is 0 Å². The predicted octanol–water partition coefficient (Wildman–Crippen LogP) is 12.0. The molecule has 0 saturated carbocycles. The Hall–Kier alpha value is -6.45. The Bertz CT molecular complexity index is 2490. The molecule has 0 amide bonds. The van der Waals surface area contributed by atoms with Crippen molar-refractivity contribution in [3.8, 4) is 0 Å². The van der Waals surface area contributed by atoms with Crippen LogP contribution in [0.15, 0.2) is 146 Å². The highest BCUT2D eigenvalue weighted by molar-refractivity contribution is 6.33.